The van der Waals surface area contributed by atoms with E-state index >= 15 is 0 Å². The molecule has 6 heteroatoms. The van der Waals surface area contributed by atoms with Crippen LogP contribution in [0.25, 0.3) is 0 Å². The second-order valence-electron chi connectivity index (χ2n) is 5.44. The fraction of sp³-hybridized carbons (Fsp3) is 0.294. The fourth-order valence-corrected chi connectivity index (χ4v) is 2.16. The highest BCUT2D eigenvalue weighted by Gasteiger charge is 2.07. The fourth-order valence-electron chi connectivity index (χ4n) is 1.96. The smallest absolute Gasteiger partial charge is 0.253 e. The number of rotatable bonds is 7. The third kappa shape index (κ3) is 5.54. The number of pyridine rings is 1. The molecule has 0 saturated carbocycles. The van der Waals surface area contributed by atoms with Crippen molar-refractivity contribution in [3.63, 3.8) is 0 Å². The first-order valence-electron chi connectivity index (χ1n) is 7.42. The number of hydrogen-bond donors (Lipinski definition) is 2. The van der Waals surface area contributed by atoms with Crippen LogP contribution in [0.3, 0.4) is 0 Å². The number of anilines is 1. The molecule has 2 N–H and O–H groups in total. The number of aromatic nitrogens is 1. The molecule has 23 heavy (non-hydrogen) atoms. The first kappa shape index (κ1) is 17.2. The Morgan fingerprint density at radius 1 is 1.22 bits per heavy atom. The number of carbonyl (C=O) groups is 1. The molecule has 0 atom stereocenters. The standard InChI is InChI=1S/C17H21ClN4O/c1-22(2)10-9-19-16-8-7-14(12-20-16)17(23)21-11-13-5-3-4-6-15(13)18/h3-8,12H,9-11H2,1-2H3,(H,19,20)(H,21,23). The number of likely N-dealkylation sites (N-methyl/N-ethyl adjacent to an activating group) is 1. The molecule has 0 aliphatic rings. The van der Waals surface area contributed by atoms with Gasteiger partial charge in [-0.15, -0.1) is 0 Å². The maximum Gasteiger partial charge on any atom is 0.253 e. The van der Waals surface area contributed by atoms with Crippen LogP contribution >= 0.6 is 11.6 Å². The van der Waals surface area contributed by atoms with Crippen LogP contribution < -0.4 is 10.6 Å². The molecule has 0 aliphatic carbocycles. The van der Waals surface area contributed by atoms with Crippen molar-refractivity contribution in [3.8, 4) is 0 Å². The van der Waals surface area contributed by atoms with Gasteiger partial charge in [0.25, 0.3) is 5.91 Å². The summed E-state index contributed by atoms with van der Waals surface area (Å²) in [6.07, 6.45) is 1.57. The van der Waals surface area contributed by atoms with Gasteiger partial charge in [-0.2, -0.15) is 0 Å². The summed E-state index contributed by atoms with van der Waals surface area (Å²) in [6, 6.07) is 11.0. The molecule has 0 spiro atoms. The Labute approximate surface area is 141 Å². The van der Waals surface area contributed by atoms with Gasteiger partial charge in [0.1, 0.15) is 5.82 Å². The molecule has 1 heterocycles. The summed E-state index contributed by atoms with van der Waals surface area (Å²) in [4.78, 5) is 18.5. The second kappa shape index (κ2) is 8.50. The number of hydrogen-bond acceptors (Lipinski definition) is 4. The largest absolute Gasteiger partial charge is 0.369 e. The van der Waals surface area contributed by atoms with E-state index in [9.17, 15) is 4.79 Å². The first-order chi connectivity index (χ1) is 11.1. The Kier molecular flexibility index (Phi) is 6.38. The van der Waals surface area contributed by atoms with Gasteiger partial charge in [-0.25, -0.2) is 4.98 Å². The Hall–Kier alpha value is -2.11. The molecule has 1 aromatic carbocycles. The van der Waals surface area contributed by atoms with Crippen molar-refractivity contribution >= 4 is 23.3 Å². The summed E-state index contributed by atoms with van der Waals surface area (Å²) in [5, 5.41) is 6.69. The molecule has 2 rings (SSSR count). The predicted molar refractivity (Wildman–Crippen MR) is 93.9 cm³/mol. The normalized spacial score (nSPS) is 10.6. The summed E-state index contributed by atoms with van der Waals surface area (Å²) in [5.74, 6) is 0.590. The van der Waals surface area contributed by atoms with Crippen molar-refractivity contribution in [2.45, 2.75) is 6.54 Å². The quantitative estimate of drug-likeness (QED) is 0.818. The topological polar surface area (TPSA) is 57.3 Å². The third-order valence-electron chi connectivity index (χ3n) is 3.29. The molecular weight excluding hydrogens is 312 g/mol. The van der Waals surface area contributed by atoms with E-state index in [-0.39, 0.29) is 5.91 Å². The van der Waals surface area contributed by atoms with Crippen molar-refractivity contribution in [1.82, 2.24) is 15.2 Å². The summed E-state index contributed by atoms with van der Waals surface area (Å²) in [6.45, 7) is 2.11. The Balaban J connectivity index is 1.86. The second-order valence-corrected chi connectivity index (χ2v) is 5.84. The van der Waals surface area contributed by atoms with Crippen LogP contribution in [0.1, 0.15) is 15.9 Å². The highest BCUT2D eigenvalue weighted by atomic mass is 35.5. The van der Waals surface area contributed by atoms with E-state index in [1.807, 2.05) is 32.3 Å². The maximum absolute atomic E-state index is 12.1. The Morgan fingerprint density at radius 2 is 2.00 bits per heavy atom. The van der Waals surface area contributed by atoms with Gasteiger partial charge < -0.3 is 15.5 Å². The zero-order valence-electron chi connectivity index (χ0n) is 13.3. The lowest BCUT2D eigenvalue weighted by Crippen LogP contribution is -2.23. The average molecular weight is 333 g/mol. The number of benzene rings is 1. The van der Waals surface area contributed by atoms with Crippen LogP contribution in [0, 0.1) is 0 Å². The minimum Gasteiger partial charge on any atom is -0.369 e. The predicted octanol–water partition coefficient (Wildman–Crippen LogP) is 2.64. The molecular formula is C17H21ClN4O. The van der Waals surface area contributed by atoms with Gasteiger partial charge in [0.2, 0.25) is 0 Å². The van der Waals surface area contributed by atoms with Crippen molar-refractivity contribution in [3.05, 3.63) is 58.7 Å². The van der Waals surface area contributed by atoms with E-state index in [1.54, 1.807) is 24.4 Å². The SMILES string of the molecule is CN(C)CCNc1ccc(C(=O)NCc2ccccc2Cl)cn1. The molecule has 1 aromatic heterocycles. The average Bonchev–Trinajstić information content (AvgIpc) is 2.54. The van der Waals surface area contributed by atoms with E-state index in [0.717, 1.165) is 24.5 Å². The van der Waals surface area contributed by atoms with Crippen molar-refractivity contribution in [1.29, 1.82) is 0 Å². The van der Waals surface area contributed by atoms with Crippen LogP contribution in [-0.2, 0) is 6.54 Å². The number of nitrogens with zero attached hydrogens (tertiary/aromatic N) is 2. The van der Waals surface area contributed by atoms with E-state index in [1.165, 1.54) is 0 Å². The monoisotopic (exact) mass is 332 g/mol. The lowest BCUT2D eigenvalue weighted by Gasteiger charge is -2.11. The summed E-state index contributed by atoms with van der Waals surface area (Å²) in [7, 11) is 4.03. The molecule has 0 aliphatic heterocycles. The van der Waals surface area contributed by atoms with Gasteiger partial charge in [0, 0.05) is 30.9 Å². The van der Waals surface area contributed by atoms with Crippen molar-refractivity contribution < 1.29 is 4.79 Å². The lowest BCUT2D eigenvalue weighted by molar-refractivity contribution is 0.0950. The molecule has 122 valence electrons. The minimum atomic E-state index is -0.169. The minimum absolute atomic E-state index is 0.169. The number of nitrogens with one attached hydrogen (secondary N) is 2. The van der Waals surface area contributed by atoms with Crippen LogP contribution in [0.2, 0.25) is 5.02 Å². The highest BCUT2D eigenvalue weighted by molar-refractivity contribution is 6.31. The van der Waals surface area contributed by atoms with Crippen LogP contribution in [0.15, 0.2) is 42.6 Å². The molecule has 5 nitrogen and oxygen atoms in total. The zero-order chi connectivity index (χ0) is 16.7. The van der Waals surface area contributed by atoms with E-state index in [0.29, 0.717) is 17.1 Å². The van der Waals surface area contributed by atoms with E-state index < -0.39 is 0 Å². The third-order valence-corrected chi connectivity index (χ3v) is 3.66. The maximum atomic E-state index is 12.1. The van der Waals surface area contributed by atoms with Crippen molar-refractivity contribution in [2.24, 2.45) is 0 Å². The van der Waals surface area contributed by atoms with Gasteiger partial charge in [-0.05, 0) is 37.9 Å². The van der Waals surface area contributed by atoms with Crippen LogP contribution in [0.5, 0.6) is 0 Å². The Bertz CT molecular complexity index is 643. The van der Waals surface area contributed by atoms with Crippen molar-refractivity contribution in [2.75, 3.05) is 32.5 Å². The molecule has 1 amide bonds. The summed E-state index contributed by atoms with van der Waals surface area (Å²) in [5.41, 5.74) is 1.41. The Morgan fingerprint density at radius 3 is 2.65 bits per heavy atom. The van der Waals surface area contributed by atoms with Gasteiger partial charge in [-0.3, -0.25) is 4.79 Å². The van der Waals surface area contributed by atoms with Gasteiger partial charge >= 0.3 is 0 Å². The molecule has 0 unspecified atom stereocenters. The molecule has 0 fully saturated rings. The number of amides is 1. The first-order valence-corrected chi connectivity index (χ1v) is 7.80. The molecule has 2 aromatic rings. The lowest BCUT2D eigenvalue weighted by atomic mass is 10.2. The molecule has 0 bridgehead atoms. The van der Waals surface area contributed by atoms with Gasteiger partial charge in [0.05, 0.1) is 5.56 Å². The van der Waals surface area contributed by atoms with Crippen LogP contribution in [-0.4, -0.2) is 43.0 Å². The van der Waals surface area contributed by atoms with Crippen LogP contribution in [0.4, 0.5) is 5.82 Å². The number of halogens is 1. The summed E-state index contributed by atoms with van der Waals surface area (Å²) < 4.78 is 0. The highest BCUT2D eigenvalue weighted by Crippen LogP contribution is 2.14. The van der Waals surface area contributed by atoms with Gasteiger partial charge in [0.15, 0.2) is 0 Å². The molecule has 0 saturated heterocycles. The van der Waals surface area contributed by atoms with E-state index in [2.05, 4.69) is 20.5 Å². The van der Waals surface area contributed by atoms with Gasteiger partial charge in [-0.1, -0.05) is 29.8 Å². The number of carbonyl (C=O) groups excluding carboxylic acids is 1. The molecule has 0 radical (unpaired) electrons. The van der Waals surface area contributed by atoms with E-state index in [4.69, 9.17) is 11.6 Å². The summed E-state index contributed by atoms with van der Waals surface area (Å²) >= 11 is 6.07. The zero-order valence-corrected chi connectivity index (χ0v) is 14.1.